The van der Waals surface area contributed by atoms with Gasteiger partial charge in [-0.3, -0.25) is 9.13 Å². The molecule has 6 rings (SSSR count). The summed E-state index contributed by atoms with van der Waals surface area (Å²) in [6, 6.07) is 18.2. The maximum Gasteiger partial charge on any atom is 0.356 e. The van der Waals surface area contributed by atoms with Crippen molar-refractivity contribution >= 4 is 67.6 Å². The first kappa shape index (κ1) is 38.0. The summed E-state index contributed by atoms with van der Waals surface area (Å²) in [5.74, 6) is -0.981. The highest BCUT2D eigenvalue weighted by atomic mass is 16.5. The fourth-order valence-corrected chi connectivity index (χ4v) is 6.69. The number of nitrogens with zero attached hydrogens (tertiary/aromatic N) is 4. The number of para-hydroxylation sites is 2. The van der Waals surface area contributed by atoms with Crippen LogP contribution in [0.15, 0.2) is 73.1 Å². The van der Waals surface area contributed by atoms with E-state index in [2.05, 4.69) is 34.4 Å². The zero-order valence-corrected chi connectivity index (χ0v) is 31.1. The number of nitrogens with one attached hydrogen (secondary N) is 2. The summed E-state index contributed by atoms with van der Waals surface area (Å²) in [7, 11) is 0. The topological polar surface area (TPSA) is 146 Å². The second-order valence-electron chi connectivity index (χ2n) is 13.4. The molecule has 12 heteroatoms. The molecular formula is C42H48N6O6. The predicted octanol–water partition coefficient (Wildman–Crippen LogP) is 8.76. The van der Waals surface area contributed by atoms with Crippen LogP contribution in [-0.4, -0.2) is 69.4 Å². The van der Waals surface area contributed by atoms with Crippen molar-refractivity contribution in [3.8, 4) is 0 Å². The average Bonchev–Trinajstić information content (AvgIpc) is 3.71. The van der Waals surface area contributed by atoms with Gasteiger partial charge < -0.3 is 20.1 Å². The highest BCUT2D eigenvalue weighted by Crippen LogP contribution is 2.30. The van der Waals surface area contributed by atoms with Crippen LogP contribution in [0.3, 0.4) is 0 Å². The number of carbonyl (C=O) groups is 4. The Morgan fingerprint density at radius 1 is 0.537 bits per heavy atom. The molecule has 2 N–H and O–H groups in total. The summed E-state index contributed by atoms with van der Waals surface area (Å²) in [4.78, 5) is 60.5. The maximum absolute atomic E-state index is 13.0. The first-order chi connectivity index (χ1) is 26.4. The minimum Gasteiger partial charge on any atom is -0.461 e. The SMILES string of the molecule is CCCCNC(=O)n1c2ccccc2c2cc(C(=O)OCCCCCCCCOC(=O)c3cc4c5ccccc5n(C(=O)NCCCC)c4cn3)ncc21. The van der Waals surface area contributed by atoms with Crippen LogP contribution in [0.1, 0.15) is 99.0 Å². The molecule has 0 spiro atoms. The van der Waals surface area contributed by atoms with Crippen molar-refractivity contribution in [1.82, 2.24) is 29.7 Å². The van der Waals surface area contributed by atoms with Gasteiger partial charge in [0.25, 0.3) is 0 Å². The Bertz CT molecular complexity index is 2110. The molecule has 0 fully saturated rings. The summed E-state index contributed by atoms with van der Waals surface area (Å²) in [6.45, 7) is 5.90. The molecular weight excluding hydrogens is 684 g/mol. The van der Waals surface area contributed by atoms with Crippen LogP contribution in [0.5, 0.6) is 0 Å². The largest absolute Gasteiger partial charge is 0.461 e. The van der Waals surface area contributed by atoms with E-state index >= 15 is 0 Å². The van der Waals surface area contributed by atoms with Crippen molar-refractivity contribution in [2.45, 2.75) is 78.1 Å². The molecule has 0 unspecified atom stereocenters. The van der Waals surface area contributed by atoms with E-state index in [1.165, 1.54) is 0 Å². The molecule has 0 aliphatic heterocycles. The molecule has 6 aromatic rings. The van der Waals surface area contributed by atoms with Gasteiger partial charge in [-0.05, 0) is 49.9 Å². The Balaban J connectivity index is 0.918. The Morgan fingerprint density at radius 3 is 1.37 bits per heavy atom. The molecule has 2 amide bonds. The van der Waals surface area contributed by atoms with Crippen LogP contribution in [-0.2, 0) is 9.47 Å². The summed E-state index contributed by atoms with van der Waals surface area (Å²) in [6.07, 6.45) is 12.1. The normalized spacial score (nSPS) is 11.4. The van der Waals surface area contributed by atoms with Gasteiger partial charge in [0.15, 0.2) is 0 Å². The molecule has 282 valence electrons. The van der Waals surface area contributed by atoms with Gasteiger partial charge in [-0.25, -0.2) is 29.1 Å². The molecule has 0 saturated carbocycles. The van der Waals surface area contributed by atoms with E-state index in [9.17, 15) is 19.2 Å². The van der Waals surface area contributed by atoms with E-state index in [-0.39, 0.29) is 36.7 Å². The number of rotatable bonds is 17. The standard InChI is InChI=1S/C42H48N6O6/c1-3-5-21-43-41(51)47-35-19-13-11-17-29(35)31-25-33(45-27-37(31)47)39(49)53-23-15-9-7-8-10-16-24-54-40(50)34-26-32-30-18-12-14-20-36(30)48(38(32)28-46-34)42(52)44-22-6-4-2/h11-14,17-20,25-28H,3-10,15-16,21-24H2,1-2H3,(H,43,51)(H,44,52). The van der Waals surface area contributed by atoms with Crippen molar-refractivity contribution < 1.29 is 28.7 Å². The minimum atomic E-state index is -0.491. The van der Waals surface area contributed by atoms with E-state index in [0.29, 0.717) is 24.1 Å². The van der Waals surface area contributed by atoms with Gasteiger partial charge in [-0.1, -0.05) is 88.8 Å². The van der Waals surface area contributed by atoms with Crippen molar-refractivity contribution in [2.75, 3.05) is 26.3 Å². The number of aromatic nitrogens is 4. The van der Waals surface area contributed by atoms with Crippen LogP contribution in [0.2, 0.25) is 0 Å². The Kier molecular flexibility index (Phi) is 12.9. The number of ether oxygens (including phenoxy) is 2. The van der Waals surface area contributed by atoms with E-state index in [1.54, 1.807) is 33.7 Å². The number of carbonyl (C=O) groups excluding carboxylic acids is 4. The summed E-state index contributed by atoms with van der Waals surface area (Å²) in [5, 5.41) is 9.21. The third-order valence-corrected chi connectivity index (χ3v) is 9.56. The molecule has 0 saturated heterocycles. The Morgan fingerprint density at radius 2 is 0.944 bits per heavy atom. The summed E-state index contributed by atoms with van der Waals surface area (Å²) < 4.78 is 14.3. The zero-order valence-electron chi connectivity index (χ0n) is 31.1. The molecule has 12 nitrogen and oxygen atoms in total. The molecule has 54 heavy (non-hydrogen) atoms. The second kappa shape index (κ2) is 18.3. The monoisotopic (exact) mass is 732 g/mol. The lowest BCUT2D eigenvalue weighted by Crippen LogP contribution is -2.29. The quantitative estimate of drug-likeness (QED) is 0.0699. The van der Waals surface area contributed by atoms with Gasteiger partial charge in [0.05, 0.1) is 47.7 Å². The minimum absolute atomic E-state index is 0.207. The fourth-order valence-electron chi connectivity index (χ4n) is 6.69. The van der Waals surface area contributed by atoms with E-state index in [1.807, 2.05) is 48.5 Å². The smallest absolute Gasteiger partial charge is 0.356 e. The first-order valence-corrected chi connectivity index (χ1v) is 19.1. The molecule has 0 aliphatic rings. The number of hydrogen-bond donors (Lipinski definition) is 2. The number of fused-ring (bicyclic) bond motifs is 6. The van der Waals surface area contributed by atoms with Crippen molar-refractivity contribution in [3.05, 3.63) is 84.4 Å². The van der Waals surface area contributed by atoms with E-state index in [4.69, 9.17) is 9.47 Å². The number of hydrogen-bond acceptors (Lipinski definition) is 8. The van der Waals surface area contributed by atoms with Gasteiger partial charge in [-0.15, -0.1) is 0 Å². The Labute approximate surface area is 314 Å². The lowest BCUT2D eigenvalue weighted by molar-refractivity contribution is 0.0478. The van der Waals surface area contributed by atoms with Gasteiger partial charge in [0.1, 0.15) is 11.4 Å². The van der Waals surface area contributed by atoms with Crippen LogP contribution in [0.4, 0.5) is 9.59 Å². The fraction of sp³-hybridized carbons (Fsp3) is 0.381. The summed E-state index contributed by atoms with van der Waals surface area (Å²) >= 11 is 0. The molecule has 4 heterocycles. The highest BCUT2D eigenvalue weighted by Gasteiger charge is 2.20. The van der Waals surface area contributed by atoms with Crippen LogP contribution in [0.25, 0.3) is 43.6 Å². The molecule has 0 bridgehead atoms. The summed E-state index contributed by atoms with van der Waals surface area (Å²) in [5.41, 5.74) is 3.20. The Hall–Kier alpha value is -5.78. The van der Waals surface area contributed by atoms with E-state index in [0.717, 1.165) is 96.8 Å². The molecule has 0 aliphatic carbocycles. The third kappa shape index (κ3) is 8.54. The van der Waals surface area contributed by atoms with Gasteiger partial charge in [-0.2, -0.15) is 0 Å². The number of esters is 2. The van der Waals surface area contributed by atoms with Gasteiger partial charge >= 0.3 is 24.0 Å². The number of pyridine rings is 2. The number of unbranched alkanes of at least 4 members (excludes halogenated alkanes) is 7. The molecule has 2 aromatic carbocycles. The lowest BCUT2D eigenvalue weighted by Gasteiger charge is -2.08. The molecule has 0 atom stereocenters. The van der Waals surface area contributed by atoms with Crippen LogP contribution in [0, 0.1) is 0 Å². The van der Waals surface area contributed by atoms with Crippen LogP contribution >= 0.6 is 0 Å². The zero-order chi connectivity index (χ0) is 37.9. The van der Waals surface area contributed by atoms with E-state index < -0.39 is 11.9 Å². The number of benzene rings is 2. The van der Waals surface area contributed by atoms with Crippen molar-refractivity contribution in [1.29, 1.82) is 0 Å². The molecule has 4 aromatic heterocycles. The lowest BCUT2D eigenvalue weighted by atomic mass is 10.1. The average molecular weight is 733 g/mol. The van der Waals surface area contributed by atoms with Crippen molar-refractivity contribution in [3.63, 3.8) is 0 Å². The first-order valence-electron chi connectivity index (χ1n) is 19.1. The predicted molar refractivity (Wildman–Crippen MR) is 210 cm³/mol. The highest BCUT2D eigenvalue weighted by molar-refractivity contribution is 6.15. The third-order valence-electron chi connectivity index (χ3n) is 9.56. The maximum atomic E-state index is 13.0. The van der Waals surface area contributed by atoms with Crippen molar-refractivity contribution in [2.24, 2.45) is 0 Å². The molecule has 0 radical (unpaired) electrons. The number of amides is 2. The van der Waals surface area contributed by atoms with Gasteiger partial charge in [0.2, 0.25) is 0 Å². The van der Waals surface area contributed by atoms with Gasteiger partial charge in [0, 0.05) is 34.6 Å². The van der Waals surface area contributed by atoms with Crippen LogP contribution < -0.4 is 10.6 Å². The second-order valence-corrected chi connectivity index (χ2v) is 13.4.